The maximum Gasteiger partial charge on any atom is 0.341 e. The number of hydrogen-bond acceptors (Lipinski definition) is 8. The van der Waals surface area contributed by atoms with Crippen LogP contribution in [-0.2, 0) is 4.74 Å². The summed E-state index contributed by atoms with van der Waals surface area (Å²) in [5.41, 5.74) is 1.44. The van der Waals surface area contributed by atoms with Crippen LogP contribution in [0.3, 0.4) is 0 Å². The third kappa shape index (κ3) is 4.33. The van der Waals surface area contributed by atoms with Crippen LogP contribution in [0.5, 0.6) is 0 Å². The smallest absolute Gasteiger partial charge is 0.341 e. The molecule has 0 radical (unpaired) electrons. The predicted molar refractivity (Wildman–Crippen MR) is 125 cm³/mol. The molecule has 0 spiro atoms. The van der Waals surface area contributed by atoms with Crippen LogP contribution in [0, 0.1) is 18.6 Å². The molecule has 0 unspecified atom stereocenters. The number of carboxylic acids is 1. The predicted octanol–water partition coefficient (Wildman–Crippen LogP) is 3.95. The van der Waals surface area contributed by atoms with Crippen LogP contribution in [0.15, 0.2) is 42.7 Å². The van der Waals surface area contributed by atoms with Gasteiger partial charge in [-0.05, 0) is 19.1 Å². The number of pyridine rings is 2. The lowest BCUT2D eigenvalue weighted by Gasteiger charge is -2.27. The third-order valence-corrected chi connectivity index (χ3v) is 5.70. The molecule has 1 aliphatic rings. The van der Waals surface area contributed by atoms with Crippen molar-refractivity contribution >= 4 is 34.3 Å². The monoisotopic (exact) mass is 478 g/mol. The molecule has 35 heavy (non-hydrogen) atoms. The second-order valence-corrected chi connectivity index (χ2v) is 7.92. The molecule has 4 aromatic rings. The zero-order valence-electron chi connectivity index (χ0n) is 18.6. The number of nitrogens with zero attached hydrogens (tertiary/aromatic N) is 5. The van der Waals surface area contributed by atoms with Gasteiger partial charge in [-0.3, -0.25) is 4.98 Å². The maximum absolute atomic E-state index is 15.0. The number of ether oxygens (including phenoxy) is 1. The van der Waals surface area contributed by atoms with E-state index in [-0.39, 0.29) is 28.0 Å². The van der Waals surface area contributed by atoms with Crippen molar-refractivity contribution < 1.29 is 23.4 Å². The highest BCUT2D eigenvalue weighted by Crippen LogP contribution is 2.37. The molecule has 2 N–H and O–H groups in total. The van der Waals surface area contributed by atoms with Gasteiger partial charge in [-0.25, -0.2) is 23.5 Å². The van der Waals surface area contributed by atoms with E-state index in [4.69, 9.17) is 4.74 Å². The summed E-state index contributed by atoms with van der Waals surface area (Å²) in [5, 5.41) is 12.8. The average molecular weight is 478 g/mol. The standard InChI is InChI=1S/C24H20F2N6O3/c1-13-20(17-4-2-3-5-27-17)29-18-11-14(25)10-16(26)19(18)21(13)30-22-15(23(33)34)12-28-24(31-22)32-6-8-35-9-7-32/h2-5,10-12H,6-9H2,1H3,(H,33,34)(H,28,29,30,31). The Morgan fingerprint density at radius 3 is 2.66 bits per heavy atom. The molecule has 0 bridgehead atoms. The molecule has 9 nitrogen and oxygen atoms in total. The number of hydrogen-bond donors (Lipinski definition) is 2. The van der Waals surface area contributed by atoms with E-state index in [1.54, 1.807) is 31.3 Å². The van der Waals surface area contributed by atoms with Crippen LogP contribution in [0.2, 0.25) is 0 Å². The lowest BCUT2D eigenvalue weighted by Crippen LogP contribution is -2.37. The zero-order chi connectivity index (χ0) is 24.5. The molecular formula is C24H20F2N6O3. The number of benzene rings is 1. The molecule has 4 heterocycles. The van der Waals surface area contributed by atoms with E-state index in [9.17, 15) is 14.3 Å². The summed E-state index contributed by atoms with van der Waals surface area (Å²) in [6.45, 7) is 3.77. The normalized spacial score (nSPS) is 13.7. The molecule has 11 heteroatoms. The van der Waals surface area contributed by atoms with Gasteiger partial charge in [-0.15, -0.1) is 0 Å². The van der Waals surface area contributed by atoms with Crippen molar-refractivity contribution in [3.8, 4) is 11.4 Å². The van der Waals surface area contributed by atoms with Gasteiger partial charge < -0.3 is 20.1 Å². The topological polar surface area (TPSA) is 113 Å². The number of aromatic nitrogens is 4. The highest BCUT2D eigenvalue weighted by atomic mass is 19.1. The summed E-state index contributed by atoms with van der Waals surface area (Å²) in [7, 11) is 0. The fraction of sp³-hybridized carbons (Fsp3) is 0.208. The molecule has 1 fully saturated rings. The minimum absolute atomic E-state index is 0.00598. The Bertz CT molecular complexity index is 1430. The highest BCUT2D eigenvalue weighted by molar-refractivity contribution is 6.00. The Morgan fingerprint density at radius 2 is 1.94 bits per heavy atom. The van der Waals surface area contributed by atoms with Crippen molar-refractivity contribution in [3.05, 3.63) is 65.5 Å². The Hall–Kier alpha value is -4.25. The van der Waals surface area contributed by atoms with E-state index >= 15 is 4.39 Å². The van der Waals surface area contributed by atoms with Crippen LogP contribution >= 0.6 is 0 Å². The first-order valence-electron chi connectivity index (χ1n) is 10.8. The number of halogens is 2. The fourth-order valence-electron chi connectivity index (χ4n) is 3.97. The third-order valence-electron chi connectivity index (χ3n) is 5.70. The second kappa shape index (κ2) is 9.18. The van der Waals surface area contributed by atoms with Crippen LogP contribution in [-0.4, -0.2) is 57.3 Å². The number of carboxylic acid groups (broad SMARTS) is 1. The largest absolute Gasteiger partial charge is 0.477 e. The van der Waals surface area contributed by atoms with Gasteiger partial charge in [0.05, 0.1) is 41.2 Å². The van der Waals surface area contributed by atoms with Gasteiger partial charge in [0.15, 0.2) is 5.82 Å². The van der Waals surface area contributed by atoms with E-state index in [2.05, 4.69) is 25.3 Å². The van der Waals surface area contributed by atoms with Crippen molar-refractivity contribution in [3.63, 3.8) is 0 Å². The van der Waals surface area contributed by atoms with Crippen LogP contribution in [0.25, 0.3) is 22.3 Å². The molecule has 0 amide bonds. The van der Waals surface area contributed by atoms with Crippen LogP contribution in [0.1, 0.15) is 15.9 Å². The summed E-state index contributed by atoms with van der Waals surface area (Å²) < 4.78 is 34.5. The Morgan fingerprint density at radius 1 is 1.14 bits per heavy atom. The molecule has 1 aromatic carbocycles. The maximum atomic E-state index is 15.0. The van der Waals surface area contributed by atoms with Gasteiger partial charge in [0.1, 0.15) is 17.2 Å². The first-order valence-corrected chi connectivity index (χ1v) is 10.8. The van der Waals surface area contributed by atoms with Crippen molar-refractivity contribution in [2.24, 2.45) is 0 Å². The summed E-state index contributed by atoms with van der Waals surface area (Å²) in [4.78, 5) is 31.2. The number of rotatable bonds is 5. The number of morpholine rings is 1. The van der Waals surface area contributed by atoms with Gasteiger partial charge in [-0.1, -0.05) is 6.07 Å². The Balaban J connectivity index is 1.71. The summed E-state index contributed by atoms with van der Waals surface area (Å²) in [5.74, 6) is -2.60. The van der Waals surface area contributed by atoms with Crippen LogP contribution in [0.4, 0.5) is 26.2 Å². The lowest BCUT2D eigenvalue weighted by molar-refractivity contribution is 0.0697. The van der Waals surface area contributed by atoms with Crippen molar-refractivity contribution in [1.29, 1.82) is 0 Å². The summed E-state index contributed by atoms with van der Waals surface area (Å²) >= 11 is 0. The van der Waals surface area contributed by atoms with Gasteiger partial charge in [0, 0.05) is 43.2 Å². The summed E-state index contributed by atoms with van der Waals surface area (Å²) in [6, 6.07) is 7.11. The SMILES string of the molecule is Cc1c(-c2ccccn2)nc2cc(F)cc(F)c2c1Nc1nc(N2CCOCC2)ncc1C(=O)O. The van der Waals surface area contributed by atoms with Gasteiger partial charge in [0.25, 0.3) is 0 Å². The number of anilines is 3. The Labute approximate surface area is 198 Å². The molecule has 0 saturated carbocycles. The zero-order valence-corrected chi connectivity index (χ0v) is 18.6. The Kier molecular flexibility index (Phi) is 5.91. The summed E-state index contributed by atoms with van der Waals surface area (Å²) in [6.07, 6.45) is 2.79. The van der Waals surface area contributed by atoms with Gasteiger partial charge in [0.2, 0.25) is 5.95 Å². The quantitative estimate of drug-likeness (QED) is 0.440. The fourth-order valence-corrected chi connectivity index (χ4v) is 3.97. The highest BCUT2D eigenvalue weighted by Gasteiger charge is 2.23. The molecular weight excluding hydrogens is 458 g/mol. The number of aromatic carboxylic acids is 1. The lowest BCUT2D eigenvalue weighted by atomic mass is 10.0. The van der Waals surface area contributed by atoms with E-state index < -0.39 is 17.6 Å². The second-order valence-electron chi connectivity index (χ2n) is 7.92. The van der Waals surface area contributed by atoms with E-state index in [0.29, 0.717) is 49.2 Å². The minimum Gasteiger partial charge on any atom is -0.477 e. The first kappa shape index (κ1) is 22.5. The first-order chi connectivity index (χ1) is 16.9. The molecule has 5 rings (SSSR count). The number of nitrogens with one attached hydrogen (secondary N) is 1. The van der Waals surface area contributed by atoms with Crippen LogP contribution < -0.4 is 10.2 Å². The molecule has 0 atom stereocenters. The van der Waals surface area contributed by atoms with Crippen molar-refractivity contribution in [1.82, 2.24) is 19.9 Å². The molecule has 0 aliphatic carbocycles. The van der Waals surface area contributed by atoms with Gasteiger partial charge in [-0.2, -0.15) is 4.98 Å². The van der Waals surface area contributed by atoms with E-state index in [1.807, 2.05) is 4.90 Å². The number of fused-ring (bicyclic) bond motifs is 1. The molecule has 178 valence electrons. The average Bonchev–Trinajstić information content (AvgIpc) is 2.86. The van der Waals surface area contributed by atoms with Crippen molar-refractivity contribution in [2.45, 2.75) is 6.92 Å². The molecule has 1 aliphatic heterocycles. The molecule has 3 aromatic heterocycles. The van der Waals surface area contributed by atoms with Gasteiger partial charge >= 0.3 is 5.97 Å². The van der Waals surface area contributed by atoms with E-state index in [1.165, 1.54) is 6.20 Å². The number of carbonyl (C=O) groups is 1. The van der Waals surface area contributed by atoms with E-state index in [0.717, 1.165) is 12.1 Å². The minimum atomic E-state index is -1.26. The van der Waals surface area contributed by atoms with Crippen molar-refractivity contribution in [2.75, 3.05) is 36.5 Å². The molecule has 1 saturated heterocycles.